The smallest absolute Gasteiger partial charge is 0.252 e. The van der Waals surface area contributed by atoms with Crippen LogP contribution in [0.4, 0.5) is 0 Å². The Morgan fingerprint density at radius 2 is 2.40 bits per heavy atom. The second kappa shape index (κ2) is 5.04. The molecule has 0 amide bonds. The Labute approximate surface area is 105 Å². The van der Waals surface area contributed by atoms with Crippen LogP contribution in [-0.4, -0.2) is 16.7 Å². The Bertz CT molecular complexity index is 441. The van der Waals surface area contributed by atoms with Gasteiger partial charge in [0.25, 0.3) is 5.89 Å². The SMILES string of the molecule is CCOCc1nc(-c2ccc(I)s2)no1. The molecule has 0 bridgehead atoms. The lowest BCUT2D eigenvalue weighted by molar-refractivity contribution is 0.109. The lowest BCUT2D eigenvalue weighted by Crippen LogP contribution is -1.91. The van der Waals surface area contributed by atoms with E-state index in [1.54, 1.807) is 11.3 Å². The van der Waals surface area contributed by atoms with Gasteiger partial charge in [-0.3, -0.25) is 0 Å². The van der Waals surface area contributed by atoms with Crippen LogP contribution in [0.5, 0.6) is 0 Å². The molecule has 0 N–H and O–H groups in total. The summed E-state index contributed by atoms with van der Waals surface area (Å²) in [6, 6.07) is 4.01. The highest BCUT2D eigenvalue weighted by atomic mass is 127. The fraction of sp³-hybridized carbons (Fsp3) is 0.333. The first kappa shape index (κ1) is 11.0. The van der Waals surface area contributed by atoms with Crippen molar-refractivity contribution in [2.45, 2.75) is 13.5 Å². The summed E-state index contributed by atoms with van der Waals surface area (Å²) in [4.78, 5) is 5.25. The number of nitrogens with zero attached hydrogens (tertiary/aromatic N) is 2. The molecule has 0 atom stereocenters. The quantitative estimate of drug-likeness (QED) is 0.806. The molecule has 0 saturated carbocycles. The molecule has 0 unspecified atom stereocenters. The van der Waals surface area contributed by atoms with Crippen molar-refractivity contribution in [1.29, 1.82) is 0 Å². The van der Waals surface area contributed by atoms with E-state index in [0.29, 0.717) is 24.9 Å². The van der Waals surface area contributed by atoms with Crippen molar-refractivity contribution < 1.29 is 9.26 Å². The van der Waals surface area contributed by atoms with Crippen molar-refractivity contribution in [3.8, 4) is 10.7 Å². The largest absolute Gasteiger partial charge is 0.372 e. The van der Waals surface area contributed by atoms with Gasteiger partial charge in [0.2, 0.25) is 5.82 Å². The van der Waals surface area contributed by atoms with Gasteiger partial charge >= 0.3 is 0 Å². The summed E-state index contributed by atoms with van der Waals surface area (Å²) in [5.74, 6) is 1.16. The second-order valence-electron chi connectivity index (χ2n) is 2.75. The van der Waals surface area contributed by atoms with E-state index in [1.807, 2.05) is 19.1 Å². The molecule has 80 valence electrons. The zero-order valence-electron chi connectivity index (χ0n) is 8.07. The fourth-order valence-electron chi connectivity index (χ4n) is 1.04. The Balaban J connectivity index is 2.13. The molecule has 2 aromatic heterocycles. The van der Waals surface area contributed by atoms with Gasteiger partial charge in [0.15, 0.2) is 0 Å². The molecule has 0 spiro atoms. The first-order valence-corrected chi connectivity index (χ1v) is 6.35. The van der Waals surface area contributed by atoms with Crippen LogP contribution in [0.15, 0.2) is 16.7 Å². The summed E-state index contributed by atoms with van der Waals surface area (Å²) in [6.45, 7) is 2.96. The molecule has 4 nitrogen and oxygen atoms in total. The maximum atomic E-state index is 5.18. The van der Waals surface area contributed by atoms with Crippen LogP contribution in [-0.2, 0) is 11.3 Å². The Hall–Kier alpha value is -0.470. The molecule has 0 fully saturated rings. The maximum Gasteiger partial charge on any atom is 0.252 e. The Kier molecular flexibility index (Phi) is 3.71. The third kappa shape index (κ3) is 2.76. The number of hydrogen-bond acceptors (Lipinski definition) is 5. The molecule has 0 aliphatic rings. The molecule has 0 aromatic carbocycles. The fourth-order valence-corrected chi connectivity index (χ4v) is 2.59. The number of thiophene rings is 1. The molecule has 2 heterocycles. The Morgan fingerprint density at radius 3 is 3.07 bits per heavy atom. The van der Waals surface area contributed by atoms with E-state index in [9.17, 15) is 0 Å². The monoisotopic (exact) mass is 336 g/mol. The molecule has 0 saturated heterocycles. The van der Waals surface area contributed by atoms with Gasteiger partial charge < -0.3 is 9.26 Å². The molecular weight excluding hydrogens is 327 g/mol. The molecule has 6 heteroatoms. The summed E-state index contributed by atoms with van der Waals surface area (Å²) in [5, 5.41) is 3.89. The van der Waals surface area contributed by atoms with E-state index in [-0.39, 0.29) is 0 Å². The van der Waals surface area contributed by atoms with Gasteiger partial charge in [-0.25, -0.2) is 0 Å². The van der Waals surface area contributed by atoms with Crippen LogP contribution in [0.2, 0.25) is 0 Å². The molecule has 0 radical (unpaired) electrons. The third-order valence-electron chi connectivity index (χ3n) is 1.69. The number of hydrogen-bond donors (Lipinski definition) is 0. The van der Waals surface area contributed by atoms with Gasteiger partial charge in [-0.05, 0) is 41.6 Å². The van der Waals surface area contributed by atoms with E-state index < -0.39 is 0 Å². The van der Waals surface area contributed by atoms with Crippen molar-refractivity contribution >= 4 is 33.9 Å². The number of rotatable bonds is 4. The topological polar surface area (TPSA) is 48.2 Å². The van der Waals surface area contributed by atoms with Gasteiger partial charge in [0.1, 0.15) is 6.61 Å². The zero-order chi connectivity index (χ0) is 10.7. The molecular formula is C9H9IN2O2S. The molecule has 0 aliphatic heterocycles. The molecule has 2 rings (SSSR count). The first-order chi connectivity index (χ1) is 7.29. The van der Waals surface area contributed by atoms with Gasteiger partial charge in [-0.2, -0.15) is 4.98 Å². The number of halogens is 1. The van der Waals surface area contributed by atoms with Crippen LogP contribution in [0.1, 0.15) is 12.8 Å². The van der Waals surface area contributed by atoms with E-state index in [2.05, 4.69) is 32.7 Å². The summed E-state index contributed by atoms with van der Waals surface area (Å²) >= 11 is 3.90. The molecule has 2 aromatic rings. The van der Waals surface area contributed by atoms with Gasteiger partial charge in [0.05, 0.1) is 7.76 Å². The normalized spacial score (nSPS) is 10.8. The van der Waals surface area contributed by atoms with E-state index in [1.165, 1.54) is 2.88 Å². The predicted octanol–water partition coefficient (Wildman–Crippen LogP) is 2.94. The summed E-state index contributed by atoms with van der Waals surface area (Å²) < 4.78 is 11.4. The lowest BCUT2D eigenvalue weighted by Gasteiger charge is -1.91. The second-order valence-corrected chi connectivity index (χ2v) is 5.73. The van der Waals surface area contributed by atoms with Gasteiger partial charge in [0, 0.05) is 6.61 Å². The third-order valence-corrected chi connectivity index (χ3v) is 3.58. The van der Waals surface area contributed by atoms with Crippen LogP contribution in [0.25, 0.3) is 10.7 Å². The average Bonchev–Trinajstić information content (AvgIpc) is 2.83. The van der Waals surface area contributed by atoms with Crippen LogP contribution in [0.3, 0.4) is 0 Å². The molecule has 0 aliphatic carbocycles. The van der Waals surface area contributed by atoms with Crippen LogP contribution >= 0.6 is 33.9 Å². The van der Waals surface area contributed by atoms with Crippen molar-refractivity contribution in [2.24, 2.45) is 0 Å². The van der Waals surface area contributed by atoms with Crippen LogP contribution in [0, 0.1) is 2.88 Å². The van der Waals surface area contributed by atoms with E-state index in [4.69, 9.17) is 9.26 Å². The van der Waals surface area contributed by atoms with E-state index >= 15 is 0 Å². The zero-order valence-corrected chi connectivity index (χ0v) is 11.0. The van der Waals surface area contributed by atoms with Crippen LogP contribution < -0.4 is 0 Å². The van der Waals surface area contributed by atoms with Gasteiger partial charge in [-0.15, -0.1) is 11.3 Å². The highest BCUT2D eigenvalue weighted by Crippen LogP contribution is 2.26. The van der Waals surface area contributed by atoms with Crippen molar-refractivity contribution in [3.63, 3.8) is 0 Å². The standard InChI is InChI=1S/C9H9IN2O2S/c1-2-13-5-8-11-9(12-14-8)6-3-4-7(10)15-6/h3-4H,2,5H2,1H3. The number of ether oxygens (including phenoxy) is 1. The minimum atomic E-state index is 0.381. The highest BCUT2D eigenvalue weighted by molar-refractivity contribution is 14.1. The summed E-state index contributed by atoms with van der Waals surface area (Å²) in [6.07, 6.45) is 0. The first-order valence-electron chi connectivity index (χ1n) is 4.45. The van der Waals surface area contributed by atoms with Gasteiger partial charge in [-0.1, -0.05) is 5.16 Å². The lowest BCUT2D eigenvalue weighted by atomic mass is 10.4. The number of aromatic nitrogens is 2. The van der Waals surface area contributed by atoms with E-state index in [0.717, 1.165) is 4.88 Å². The summed E-state index contributed by atoms with van der Waals surface area (Å²) in [5.41, 5.74) is 0. The van der Waals surface area contributed by atoms with Crippen molar-refractivity contribution in [3.05, 3.63) is 20.9 Å². The minimum absolute atomic E-state index is 0.381. The highest BCUT2D eigenvalue weighted by Gasteiger charge is 2.10. The van der Waals surface area contributed by atoms with Crippen molar-refractivity contribution in [2.75, 3.05) is 6.61 Å². The minimum Gasteiger partial charge on any atom is -0.372 e. The van der Waals surface area contributed by atoms with Crippen molar-refractivity contribution in [1.82, 2.24) is 10.1 Å². The Morgan fingerprint density at radius 1 is 1.53 bits per heavy atom. The average molecular weight is 336 g/mol. The molecule has 15 heavy (non-hydrogen) atoms. The maximum absolute atomic E-state index is 5.18. The summed E-state index contributed by atoms with van der Waals surface area (Å²) in [7, 11) is 0. The predicted molar refractivity (Wildman–Crippen MR) is 65.7 cm³/mol.